The Morgan fingerprint density at radius 1 is 0.0758 bits per heavy atom. The highest BCUT2D eigenvalue weighted by molar-refractivity contribution is 5.86. The van der Waals surface area contributed by atoms with Crippen molar-refractivity contribution in [2.75, 3.05) is 0 Å². The summed E-state index contributed by atoms with van der Waals surface area (Å²) < 4.78 is 0. The maximum Gasteiger partial charge on any atom is 0.164 e. The van der Waals surface area contributed by atoms with E-state index in [0.29, 0.717) is 46.6 Å². The van der Waals surface area contributed by atoms with E-state index in [1.807, 2.05) is 133 Å². The Labute approximate surface area is 767 Å². The Hall–Kier alpha value is -17.9. The van der Waals surface area contributed by atoms with Gasteiger partial charge in [0.15, 0.2) is 46.6 Å². The van der Waals surface area contributed by atoms with E-state index in [2.05, 4.69) is 364 Å². The van der Waals surface area contributed by atoms with Crippen molar-refractivity contribution in [2.24, 2.45) is 0 Å². The monoisotopic (exact) mass is 1690 g/mol. The Bertz CT molecular complexity index is 7670. The average Bonchev–Trinajstić information content (AvgIpc) is 0.788. The Balaban J connectivity index is 0.000000159. The lowest BCUT2D eigenvalue weighted by Gasteiger charge is -2.13. The van der Waals surface area contributed by atoms with Crippen molar-refractivity contribution in [3.63, 3.8) is 0 Å². The van der Waals surface area contributed by atoms with Gasteiger partial charge in [-0.2, -0.15) is 0 Å². The first-order valence-corrected chi connectivity index (χ1v) is 44.1. The second-order valence-electron chi connectivity index (χ2n) is 32.3. The highest BCUT2D eigenvalue weighted by Gasteiger charge is 2.21. The van der Waals surface area contributed by atoms with E-state index in [1.165, 1.54) is 5.56 Å². The minimum atomic E-state index is 0.601. The average molecular weight is 1690 g/mol. The van der Waals surface area contributed by atoms with Crippen molar-refractivity contribution < 1.29 is 0 Å². The van der Waals surface area contributed by atoms with Crippen molar-refractivity contribution in [1.29, 1.82) is 0 Å². The molecule has 0 aliphatic carbocycles. The quantitative estimate of drug-likeness (QED) is 0.0727. The molecule has 10 nitrogen and oxygen atoms in total. The van der Waals surface area contributed by atoms with Crippen LogP contribution in [0.2, 0.25) is 0 Å². The molecular formula is C122H82N10. The molecule has 0 aliphatic rings. The van der Waals surface area contributed by atoms with Crippen LogP contribution in [0, 0.1) is 0 Å². The standard InChI is InChI=1S/2C61H41N5/c1-6-18-42(19-7-1)49-28-16-30-51(36-49)56-41-57(63-58(62-56)46-24-12-4-13-25-46)52-31-17-29-50(37-52)45-32-34-48(35-33-45)60-64-59(47-26-14-5-15-27-47)65-61(66-60)55-39-53(43-20-8-2-9-21-43)38-54(40-55)44-22-10-3-11-23-44;1-6-17-42(18-7-1)45-29-33-47(34-30-45)56-41-57(63-58(62-56)48-23-12-4-13-24-48)52-28-16-27-51(37-52)46-31-35-50(36-32-46)60-64-59(49-25-14-5-15-26-49)65-61(66-60)55-39-53(43-19-8-2-9-20-43)38-54(40-55)44-21-10-3-11-22-44/h2*1-41H. The summed E-state index contributed by atoms with van der Waals surface area (Å²) in [6.07, 6.45) is 0. The first kappa shape index (κ1) is 81.2. The lowest BCUT2D eigenvalue weighted by Crippen LogP contribution is -2.00. The number of nitrogens with zero attached hydrogens (tertiary/aromatic N) is 10. The minimum absolute atomic E-state index is 0.601. The van der Waals surface area contributed by atoms with Gasteiger partial charge < -0.3 is 0 Å². The van der Waals surface area contributed by atoms with Gasteiger partial charge in [-0.15, -0.1) is 0 Å². The summed E-state index contributed by atoms with van der Waals surface area (Å²) in [6, 6.07) is 172. The fourth-order valence-corrected chi connectivity index (χ4v) is 16.6. The molecule has 0 saturated carbocycles. The molecule has 0 fully saturated rings. The Kier molecular flexibility index (Phi) is 23.2. The third kappa shape index (κ3) is 18.4. The van der Waals surface area contributed by atoms with Crippen molar-refractivity contribution in [3.05, 3.63) is 497 Å². The van der Waals surface area contributed by atoms with Crippen LogP contribution in [0.25, 0.3) is 225 Å². The number of aromatic nitrogens is 10. The van der Waals surface area contributed by atoms with Crippen molar-refractivity contribution in [3.8, 4) is 225 Å². The topological polar surface area (TPSA) is 129 Å². The first-order valence-electron chi connectivity index (χ1n) is 44.1. The molecule has 0 atom stereocenters. The molecule has 0 bridgehead atoms. The van der Waals surface area contributed by atoms with Crippen LogP contribution in [0.4, 0.5) is 0 Å². The second kappa shape index (κ2) is 37.7. The van der Waals surface area contributed by atoms with E-state index in [-0.39, 0.29) is 0 Å². The number of hydrogen-bond acceptors (Lipinski definition) is 10. The molecule has 0 unspecified atom stereocenters. The zero-order valence-electron chi connectivity index (χ0n) is 71.8. The van der Waals surface area contributed by atoms with Crippen LogP contribution in [-0.4, -0.2) is 49.8 Å². The molecule has 620 valence electrons. The third-order valence-electron chi connectivity index (χ3n) is 23.5. The fourth-order valence-electron chi connectivity index (χ4n) is 16.6. The summed E-state index contributed by atoms with van der Waals surface area (Å²) >= 11 is 0. The van der Waals surface area contributed by atoms with Gasteiger partial charge in [0.05, 0.1) is 22.8 Å². The van der Waals surface area contributed by atoms with Crippen LogP contribution < -0.4 is 0 Å². The van der Waals surface area contributed by atoms with Crippen molar-refractivity contribution in [2.45, 2.75) is 0 Å². The van der Waals surface area contributed by atoms with Crippen LogP contribution >= 0.6 is 0 Å². The van der Waals surface area contributed by atoms with Gasteiger partial charge in [0, 0.05) is 66.8 Å². The van der Waals surface area contributed by atoms with Crippen LogP contribution in [0.1, 0.15) is 0 Å². The molecular weight excluding hydrogens is 1610 g/mol. The maximum atomic E-state index is 5.18. The smallest absolute Gasteiger partial charge is 0.164 e. The number of benzene rings is 18. The zero-order valence-corrected chi connectivity index (χ0v) is 71.8. The van der Waals surface area contributed by atoms with Crippen LogP contribution in [-0.2, 0) is 0 Å². The molecule has 0 saturated heterocycles. The van der Waals surface area contributed by atoms with Crippen molar-refractivity contribution in [1.82, 2.24) is 49.8 Å². The Morgan fingerprint density at radius 2 is 0.212 bits per heavy atom. The van der Waals surface area contributed by atoms with Crippen LogP contribution in [0.5, 0.6) is 0 Å². The molecule has 10 heteroatoms. The summed E-state index contributed by atoms with van der Waals surface area (Å²) in [5, 5.41) is 0. The molecule has 22 aromatic rings. The highest BCUT2D eigenvalue weighted by atomic mass is 15.0. The molecule has 18 aromatic carbocycles. The third-order valence-corrected chi connectivity index (χ3v) is 23.5. The Morgan fingerprint density at radius 3 is 0.462 bits per heavy atom. The molecule has 0 amide bonds. The van der Waals surface area contributed by atoms with Gasteiger partial charge in [0.25, 0.3) is 0 Å². The molecule has 22 rings (SSSR count). The second-order valence-corrected chi connectivity index (χ2v) is 32.3. The first-order chi connectivity index (χ1) is 65.3. The molecule has 0 spiro atoms. The van der Waals surface area contributed by atoms with Gasteiger partial charge in [-0.25, -0.2) is 49.8 Å². The summed E-state index contributed by atoms with van der Waals surface area (Å²) in [4.78, 5) is 51.2. The van der Waals surface area contributed by atoms with Gasteiger partial charge in [0.1, 0.15) is 0 Å². The fraction of sp³-hybridized carbons (Fsp3) is 0. The van der Waals surface area contributed by atoms with Crippen LogP contribution in [0.15, 0.2) is 497 Å². The summed E-state index contributed by atoms with van der Waals surface area (Å²) in [5.41, 5.74) is 32.6. The van der Waals surface area contributed by atoms with E-state index in [4.69, 9.17) is 49.8 Å². The lowest BCUT2D eigenvalue weighted by molar-refractivity contribution is 1.07. The molecule has 4 heterocycles. The van der Waals surface area contributed by atoms with Gasteiger partial charge in [0.2, 0.25) is 0 Å². The predicted octanol–water partition coefficient (Wildman–Crippen LogP) is 30.7. The molecule has 132 heavy (non-hydrogen) atoms. The van der Waals surface area contributed by atoms with E-state index in [9.17, 15) is 0 Å². The van der Waals surface area contributed by atoms with Crippen molar-refractivity contribution >= 4 is 0 Å². The molecule has 0 N–H and O–H groups in total. The largest absolute Gasteiger partial charge is 0.228 e. The molecule has 0 aliphatic heterocycles. The van der Waals surface area contributed by atoms with Gasteiger partial charge >= 0.3 is 0 Å². The van der Waals surface area contributed by atoms with Crippen LogP contribution in [0.3, 0.4) is 0 Å². The molecule has 0 radical (unpaired) electrons. The molecule has 4 aromatic heterocycles. The van der Waals surface area contributed by atoms with Gasteiger partial charge in [-0.3, -0.25) is 0 Å². The summed E-state index contributed by atoms with van der Waals surface area (Å²) in [6.45, 7) is 0. The number of rotatable bonds is 20. The summed E-state index contributed by atoms with van der Waals surface area (Å²) in [5.74, 6) is 5.01. The van der Waals surface area contributed by atoms with E-state index in [0.717, 1.165) is 173 Å². The van der Waals surface area contributed by atoms with E-state index >= 15 is 0 Å². The SMILES string of the molecule is c1ccc(-c2ccc(-c3cc(-c4cccc(-c5ccc(-c6nc(-c7ccccc7)nc(-c7cc(-c8ccccc8)cc(-c8ccccc8)c7)n6)cc5)c4)nc(-c4ccccc4)n3)cc2)cc1.c1ccc(-c2cccc(-c3cc(-c4cccc(-c5ccc(-c6nc(-c7ccccc7)nc(-c7cc(-c8ccccc8)cc(-c8ccccc8)c7)n6)cc5)c4)nc(-c4ccccc4)n3)c2)cc1. The number of hydrogen-bond donors (Lipinski definition) is 0. The highest BCUT2D eigenvalue weighted by Crippen LogP contribution is 2.41. The zero-order chi connectivity index (χ0) is 88.1. The van der Waals surface area contributed by atoms with Gasteiger partial charge in [-0.1, -0.05) is 431 Å². The lowest BCUT2D eigenvalue weighted by atomic mass is 9.96. The normalized spacial score (nSPS) is 11.0. The van der Waals surface area contributed by atoms with E-state index < -0.39 is 0 Å². The van der Waals surface area contributed by atoms with E-state index in [1.54, 1.807) is 0 Å². The maximum absolute atomic E-state index is 5.18. The summed E-state index contributed by atoms with van der Waals surface area (Å²) in [7, 11) is 0. The predicted molar refractivity (Wildman–Crippen MR) is 540 cm³/mol. The van der Waals surface area contributed by atoms with Gasteiger partial charge in [-0.05, 0) is 156 Å². The minimum Gasteiger partial charge on any atom is -0.228 e.